The van der Waals surface area contributed by atoms with Gasteiger partial charge in [0.1, 0.15) is 6.10 Å². The van der Waals surface area contributed by atoms with Gasteiger partial charge in [0.15, 0.2) is 18.1 Å². The van der Waals surface area contributed by atoms with Crippen LogP contribution in [0.3, 0.4) is 0 Å². The number of carboxylic acids is 1. The van der Waals surface area contributed by atoms with Crippen molar-refractivity contribution >= 4 is 16.0 Å². The predicted molar refractivity (Wildman–Crippen MR) is 108 cm³/mol. The summed E-state index contributed by atoms with van der Waals surface area (Å²) in [7, 11) is -3.57. The summed E-state index contributed by atoms with van der Waals surface area (Å²) < 4.78 is 38.9. The van der Waals surface area contributed by atoms with Crippen molar-refractivity contribution in [2.45, 2.75) is 30.3 Å². The number of rotatable bonds is 8. The molecule has 1 heterocycles. The fraction of sp³-hybridized carbons (Fsp3) is 0.381. The minimum atomic E-state index is -3.57. The Morgan fingerprint density at radius 2 is 1.93 bits per heavy atom. The molecule has 0 spiro atoms. The normalized spacial score (nSPS) is 24.7. The van der Waals surface area contributed by atoms with Gasteiger partial charge in [0.25, 0.3) is 0 Å². The number of fused-ring (bicyclic) bond motifs is 3. The zero-order chi connectivity index (χ0) is 21.3. The summed E-state index contributed by atoms with van der Waals surface area (Å²) in [6.07, 6.45) is -0.660. The number of hydrogen-bond acceptors (Lipinski definition) is 6. The fourth-order valence-electron chi connectivity index (χ4n) is 4.28. The van der Waals surface area contributed by atoms with Gasteiger partial charge < -0.3 is 19.7 Å². The van der Waals surface area contributed by atoms with Gasteiger partial charge >= 0.3 is 5.97 Å². The highest BCUT2D eigenvalue weighted by atomic mass is 32.2. The average Bonchev–Trinajstić information content (AvgIpc) is 3.20. The molecule has 1 aliphatic heterocycles. The van der Waals surface area contributed by atoms with Crippen molar-refractivity contribution in [1.29, 1.82) is 0 Å². The molecule has 4 rings (SSSR count). The summed E-state index contributed by atoms with van der Waals surface area (Å²) >= 11 is 0. The number of aliphatic hydroxyl groups excluding tert-OH is 1. The standard InChI is InChI=1S/C21H23NO7S/c23-16-9-18-20(14-7-4-8-17(21(14)29-18)28-11-19(24)25)15(16)10-22-30(26,27)12-13-5-2-1-3-6-13/h1-8,15-16,18,20,22-23H,9-12H2,(H,24,25). The lowest BCUT2D eigenvalue weighted by Crippen LogP contribution is -2.35. The Morgan fingerprint density at radius 1 is 1.17 bits per heavy atom. The van der Waals surface area contributed by atoms with Crippen LogP contribution in [0.2, 0.25) is 0 Å². The Balaban J connectivity index is 1.49. The lowest BCUT2D eigenvalue weighted by atomic mass is 9.88. The summed E-state index contributed by atoms with van der Waals surface area (Å²) in [4.78, 5) is 10.8. The second-order valence-corrected chi connectivity index (χ2v) is 9.41. The average molecular weight is 433 g/mol. The van der Waals surface area contributed by atoms with Gasteiger partial charge in [-0.1, -0.05) is 42.5 Å². The van der Waals surface area contributed by atoms with Crippen LogP contribution >= 0.6 is 0 Å². The van der Waals surface area contributed by atoms with Crippen molar-refractivity contribution in [1.82, 2.24) is 4.72 Å². The fourth-order valence-corrected chi connectivity index (χ4v) is 5.46. The van der Waals surface area contributed by atoms with Gasteiger partial charge in [-0.3, -0.25) is 0 Å². The summed E-state index contributed by atoms with van der Waals surface area (Å²) in [6, 6.07) is 14.1. The van der Waals surface area contributed by atoms with Crippen LogP contribution in [0.5, 0.6) is 11.5 Å². The molecule has 0 saturated heterocycles. The van der Waals surface area contributed by atoms with E-state index in [-0.39, 0.29) is 30.2 Å². The van der Waals surface area contributed by atoms with Gasteiger partial charge in [0.05, 0.1) is 11.9 Å². The van der Waals surface area contributed by atoms with Crippen LogP contribution in [0.4, 0.5) is 0 Å². The molecule has 4 unspecified atom stereocenters. The summed E-state index contributed by atoms with van der Waals surface area (Å²) in [5.74, 6) is -0.989. The van der Waals surface area contributed by atoms with E-state index in [1.807, 2.05) is 12.1 Å². The number of carbonyl (C=O) groups is 1. The lowest BCUT2D eigenvalue weighted by Gasteiger charge is -2.21. The van der Waals surface area contributed by atoms with Gasteiger partial charge in [-0.25, -0.2) is 17.9 Å². The van der Waals surface area contributed by atoms with E-state index in [0.29, 0.717) is 23.5 Å². The zero-order valence-electron chi connectivity index (χ0n) is 16.1. The topological polar surface area (TPSA) is 122 Å². The van der Waals surface area contributed by atoms with E-state index in [1.54, 1.807) is 36.4 Å². The first-order valence-corrected chi connectivity index (χ1v) is 11.3. The largest absolute Gasteiger partial charge is 0.485 e. The second kappa shape index (κ2) is 8.25. The Morgan fingerprint density at radius 3 is 2.67 bits per heavy atom. The van der Waals surface area contributed by atoms with E-state index in [9.17, 15) is 18.3 Å². The number of ether oxygens (including phenoxy) is 2. The van der Waals surface area contributed by atoms with Gasteiger partial charge in [0, 0.05) is 30.4 Å². The first-order chi connectivity index (χ1) is 14.3. The van der Waals surface area contributed by atoms with E-state index in [0.717, 1.165) is 5.56 Å². The van der Waals surface area contributed by atoms with E-state index in [4.69, 9.17) is 14.6 Å². The minimum Gasteiger partial charge on any atom is -0.485 e. The van der Waals surface area contributed by atoms with Crippen molar-refractivity contribution < 1.29 is 32.9 Å². The molecule has 8 nitrogen and oxygen atoms in total. The molecular weight excluding hydrogens is 410 g/mol. The molecule has 1 saturated carbocycles. The summed E-state index contributed by atoms with van der Waals surface area (Å²) in [5.41, 5.74) is 1.48. The van der Waals surface area contributed by atoms with Crippen LogP contribution in [0, 0.1) is 5.92 Å². The summed E-state index contributed by atoms with van der Waals surface area (Å²) in [5, 5.41) is 19.4. The van der Waals surface area contributed by atoms with Crippen LogP contribution in [-0.4, -0.2) is 50.0 Å². The number of carboxylic acid groups (broad SMARTS) is 1. The van der Waals surface area contributed by atoms with Crippen LogP contribution < -0.4 is 14.2 Å². The molecule has 3 N–H and O–H groups in total. The Kier molecular flexibility index (Phi) is 5.68. The molecule has 160 valence electrons. The second-order valence-electron chi connectivity index (χ2n) is 7.60. The van der Waals surface area contributed by atoms with Gasteiger partial charge in [-0.2, -0.15) is 0 Å². The maximum atomic E-state index is 12.5. The highest BCUT2D eigenvalue weighted by molar-refractivity contribution is 7.88. The highest BCUT2D eigenvalue weighted by Gasteiger charge is 2.50. The molecule has 0 aromatic heterocycles. The molecule has 30 heavy (non-hydrogen) atoms. The quantitative estimate of drug-likeness (QED) is 0.577. The van der Waals surface area contributed by atoms with Gasteiger partial charge in [-0.05, 0) is 11.6 Å². The first kappa shape index (κ1) is 20.6. The molecule has 0 amide bonds. The zero-order valence-corrected chi connectivity index (χ0v) is 16.9. The number of aliphatic hydroxyl groups is 1. The highest BCUT2D eigenvalue weighted by Crippen LogP contribution is 2.53. The molecule has 2 aromatic carbocycles. The molecule has 1 aliphatic carbocycles. The number of aliphatic carboxylic acids is 1. The third-order valence-electron chi connectivity index (χ3n) is 5.56. The van der Waals surface area contributed by atoms with E-state index < -0.39 is 28.7 Å². The monoisotopic (exact) mass is 433 g/mol. The number of sulfonamides is 1. The molecule has 2 aromatic rings. The van der Waals surface area contributed by atoms with Crippen molar-refractivity contribution in [2.75, 3.05) is 13.2 Å². The van der Waals surface area contributed by atoms with Crippen LogP contribution in [0.1, 0.15) is 23.5 Å². The van der Waals surface area contributed by atoms with Crippen molar-refractivity contribution in [2.24, 2.45) is 5.92 Å². The number of para-hydroxylation sites is 1. The van der Waals surface area contributed by atoms with Crippen LogP contribution in [0.25, 0.3) is 0 Å². The molecule has 0 radical (unpaired) electrons. The molecule has 0 bridgehead atoms. The predicted octanol–water partition coefficient (Wildman–Crippen LogP) is 1.49. The minimum absolute atomic E-state index is 0.0838. The lowest BCUT2D eigenvalue weighted by molar-refractivity contribution is -0.139. The third-order valence-corrected chi connectivity index (χ3v) is 6.88. The Hall–Kier alpha value is -2.62. The van der Waals surface area contributed by atoms with Crippen molar-refractivity contribution in [3.05, 3.63) is 59.7 Å². The molecule has 9 heteroatoms. The van der Waals surface area contributed by atoms with Crippen LogP contribution in [0.15, 0.2) is 48.5 Å². The number of nitrogens with one attached hydrogen (secondary N) is 1. The smallest absolute Gasteiger partial charge is 0.341 e. The SMILES string of the molecule is O=C(O)COc1cccc2c1OC1CC(O)C(CNS(=O)(=O)Cc3ccccc3)C21. The van der Waals surface area contributed by atoms with Gasteiger partial charge in [-0.15, -0.1) is 0 Å². The van der Waals surface area contributed by atoms with Gasteiger partial charge in [0.2, 0.25) is 10.0 Å². The third kappa shape index (κ3) is 4.28. The van der Waals surface area contributed by atoms with Crippen molar-refractivity contribution in [3.8, 4) is 11.5 Å². The number of hydrogen-bond donors (Lipinski definition) is 3. The van der Waals surface area contributed by atoms with Crippen LogP contribution in [-0.2, 0) is 20.6 Å². The Bertz CT molecular complexity index is 1020. The number of benzene rings is 2. The molecular formula is C21H23NO7S. The molecule has 1 fully saturated rings. The maximum absolute atomic E-state index is 12.5. The Labute approximate surface area is 174 Å². The maximum Gasteiger partial charge on any atom is 0.341 e. The summed E-state index contributed by atoms with van der Waals surface area (Å²) in [6.45, 7) is -0.402. The van der Waals surface area contributed by atoms with E-state index >= 15 is 0 Å². The first-order valence-electron chi connectivity index (χ1n) is 9.67. The van der Waals surface area contributed by atoms with E-state index in [2.05, 4.69) is 4.72 Å². The molecule has 2 aliphatic rings. The van der Waals surface area contributed by atoms with Crippen molar-refractivity contribution in [3.63, 3.8) is 0 Å². The van der Waals surface area contributed by atoms with E-state index in [1.165, 1.54) is 0 Å². The molecule has 4 atom stereocenters.